The third-order valence-corrected chi connectivity index (χ3v) is 1.29. The van der Waals surface area contributed by atoms with Gasteiger partial charge in [0.1, 0.15) is 0 Å². The van der Waals surface area contributed by atoms with Crippen LogP contribution in [0.3, 0.4) is 0 Å². The summed E-state index contributed by atoms with van der Waals surface area (Å²) in [7, 11) is 1.58. The van der Waals surface area contributed by atoms with Gasteiger partial charge in [-0.25, -0.2) is 0 Å². The second-order valence-corrected chi connectivity index (χ2v) is 1.92. The predicted octanol–water partition coefficient (Wildman–Crippen LogP) is 1.83. The maximum atomic E-state index is 12.5. The summed E-state index contributed by atoms with van der Waals surface area (Å²) in [4.78, 5) is 0. The van der Waals surface area contributed by atoms with Crippen LogP contribution in [0.5, 0.6) is 0 Å². The number of halogens is 1. The number of rotatable bonds is 2. The van der Waals surface area contributed by atoms with E-state index in [0.717, 1.165) is 0 Å². The number of hydrogen-bond donors (Lipinski definition) is 0. The summed E-state index contributed by atoms with van der Waals surface area (Å²) < 4.78 is 12.5. The topological polar surface area (TPSA) is 0 Å². The van der Waals surface area contributed by atoms with Crippen molar-refractivity contribution >= 4 is 7.28 Å². The van der Waals surface area contributed by atoms with Crippen LogP contribution in [0.2, 0.25) is 6.82 Å². The van der Waals surface area contributed by atoms with Gasteiger partial charge < -0.3 is 0 Å². The van der Waals surface area contributed by atoms with Crippen LogP contribution in [0.15, 0.2) is 0 Å². The van der Waals surface area contributed by atoms with E-state index in [2.05, 4.69) is 0 Å². The summed E-state index contributed by atoms with van der Waals surface area (Å²) >= 11 is 0. The Morgan fingerprint density at radius 2 is 2.14 bits per heavy atom. The molecule has 0 bridgehead atoms. The van der Waals surface area contributed by atoms with E-state index < -0.39 is 5.57 Å². The van der Waals surface area contributed by atoms with E-state index in [9.17, 15) is 4.39 Å². The fourth-order valence-electron chi connectivity index (χ4n) is 0.204. The highest BCUT2D eigenvalue weighted by Crippen LogP contribution is 2.11. The molecule has 1 atom stereocenters. The smallest absolute Gasteiger partial charge is 0.157 e. The van der Waals surface area contributed by atoms with E-state index in [1.54, 1.807) is 21.0 Å². The summed E-state index contributed by atoms with van der Waals surface area (Å²) in [5.41, 5.74) is -1.04. The Labute approximate surface area is 45.4 Å². The van der Waals surface area contributed by atoms with Crippen LogP contribution in [0.1, 0.15) is 20.3 Å². The molecule has 1 radical (unpaired) electrons. The molecule has 0 spiro atoms. The zero-order chi connectivity index (χ0) is 5.91. The molecule has 7 heavy (non-hydrogen) atoms. The van der Waals surface area contributed by atoms with Crippen LogP contribution >= 0.6 is 0 Å². The minimum Gasteiger partial charge on any atom is -0.254 e. The van der Waals surface area contributed by atoms with Gasteiger partial charge in [0.25, 0.3) is 0 Å². The number of alkyl halides is 1. The van der Waals surface area contributed by atoms with Gasteiger partial charge in [0.2, 0.25) is 0 Å². The van der Waals surface area contributed by atoms with Crippen molar-refractivity contribution in [3.8, 4) is 0 Å². The molecule has 0 rings (SSSR count). The van der Waals surface area contributed by atoms with Gasteiger partial charge in [0.15, 0.2) is 7.28 Å². The molecule has 0 aliphatic rings. The van der Waals surface area contributed by atoms with E-state index in [4.69, 9.17) is 0 Å². The Balaban J connectivity index is 3.36. The van der Waals surface area contributed by atoms with Crippen LogP contribution in [-0.2, 0) is 0 Å². The minimum atomic E-state index is -1.04. The van der Waals surface area contributed by atoms with Crippen molar-refractivity contribution in [2.24, 2.45) is 0 Å². The highest BCUT2D eigenvalue weighted by molar-refractivity contribution is 6.37. The average molecular weight is 101 g/mol. The average Bonchev–Trinajstić information content (AvgIpc) is 1.68. The van der Waals surface area contributed by atoms with Gasteiger partial charge in [0.05, 0.1) is 5.57 Å². The molecule has 2 heteroatoms. The molecular weight excluding hydrogens is 89.9 g/mol. The molecule has 0 aromatic carbocycles. The Morgan fingerprint density at radius 3 is 2.14 bits per heavy atom. The molecule has 0 aromatic heterocycles. The molecule has 0 saturated carbocycles. The summed E-state index contributed by atoms with van der Waals surface area (Å²) in [6.07, 6.45) is 0.573. The highest BCUT2D eigenvalue weighted by atomic mass is 19.1. The first-order chi connectivity index (χ1) is 3.12. The number of hydrogen-bond acceptors (Lipinski definition) is 0. The van der Waals surface area contributed by atoms with Crippen molar-refractivity contribution in [1.82, 2.24) is 0 Å². The minimum absolute atomic E-state index is 0.573. The fraction of sp³-hybridized carbons (Fsp3) is 1.00. The molecule has 0 nitrogen and oxygen atoms in total. The van der Waals surface area contributed by atoms with Crippen LogP contribution in [0, 0.1) is 0 Å². The Morgan fingerprint density at radius 1 is 1.71 bits per heavy atom. The molecule has 0 saturated heterocycles. The van der Waals surface area contributed by atoms with Gasteiger partial charge in [-0.1, -0.05) is 13.7 Å². The maximum absolute atomic E-state index is 12.5. The largest absolute Gasteiger partial charge is 0.254 e. The fourth-order valence-corrected chi connectivity index (χ4v) is 0.204. The van der Waals surface area contributed by atoms with Gasteiger partial charge >= 0.3 is 0 Å². The van der Waals surface area contributed by atoms with Crippen LogP contribution in [-0.4, -0.2) is 12.8 Å². The lowest BCUT2D eigenvalue weighted by Gasteiger charge is -2.12. The van der Waals surface area contributed by atoms with Crippen molar-refractivity contribution in [3.05, 3.63) is 0 Å². The molecule has 0 aliphatic heterocycles. The Hall–Kier alpha value is -0.00506. The first-order valence-electron chi connectivity index (χ1n) is 2.62. The Kier molecular flexibility index (Phi) is 2.34. The zero-order valence-corrected chi connectivity index (χ0v) is 5.16. The summed E-state index contributed by atoms with van der Waals surface area (Å²) in [6.45, 7) is 5.15. The van der Waals surface area contributed by atoms with Crippen molar-refractivity contribution < 1.29 is 4.39 Å². The maximum Gasteiger partial charge on any atom is 0.157 e. The van der Waals surface area contributed by atoms with Gasteiger partial charge in [-0.2, -0.15) is 0 Å². The predicted molar refractivity (Wildman–Crippen MR) is 31.4 cm³/mol. The van der Waals surface area contributed by atoms with E-state index in [1.807, 2.05) is 6.92 Å². The summed E-state index contributed by atoms with van der Waals surface area (Å²) in [5, 5.41) is 0. The van der Waals surface area contributed by atoms with E-state index in [1.165, 1.54) is 0 Å². The van der Waals surface area contributed by atoms with Crippen molar-refractivity contribution in [2.45, 2.75) is 32.7 Å². The monoisotopic (exact) mass is 101 g/mol. The van der Waals surface area contributed by atoms with E-state index in [0.29, 0.717) is 6.42 Å². The molecular formula is C5H11BF. The molecule has 1 unspecified atom stereocenters. The first-order valence-corrected chi connectivity index (χ1v) is 2.62. The molecule has 0 fully saturated rings. The SMILES string of the molecule is C[B]C(C)(F)CC. The van der Waals surface area contributed by atoms with Crippen molar-refractivity contribution in [3.63, 3.8) is 0 Å². The molecule has 0 amide bonds. The van der Waals surface area contributed by atoms with E-state index in [-0.39, 0.29) is 0 Å². The second-order valence-electron chi connectivity index (χ2n) is 1.92. The second kappa shape index (κ2) is 2.34. The molecule has 0 aliphatic carbocycles. The summed E-state index contributed by atoms with van der Waals surface area (Å²) in [5.74, 6) is 0. The quantitative estimate of drug-likeness (QED) is 0.465. The normalized spacial score (nSPS) is 18.3. The zero-order valence-electron chi connectivity index (χ0n) is 5.16. The first kappa shape index (κ1) is 6.99. The highest BCUT2D eigenvalue weighted by Gasteiger charge is 2.16. The lowest BCUT2D eigenvalue weighted by atomic mass is 9.64. The molecule has 0 aromatic rings. The van der Waals surface area contributed by atoms with Crippen molar-refractivity contribution in [2.75, 3.05) is 0 Å². The van der Waals surface area contributed by atoms with Crippen molar-refractivity contribution in [1.29, 1.82) is 0 Å². The van der Waals surface area contributed by atoms with Gasteiger partial charge in [-0.05, 0) is 13.3 Å². The van der Waals surface area contributed by atoms with Crippen LogP contribution < -0.4 is 0 Å². The van der Waals surface area contributed by atoms with Crippen LogP contribution in [0.25, 0.3) is 0 Å². The standard InChI is InChI=1S/C5H11BF/c1-4-5(2,7)6-3/h4H2,1-3H3. The molecule has 0 heterocycles. The molecule has 0 N–H and O–H groups in total. The Bertz CT molecular complexity index is 46.0. The van der Waals surface area contributed by atoms with Gasteiger partial charge in [0, 0.05) is 0 Å². The third kappa shape index (κ3) is 2.66. The van der Waals surface area contributed by atoms with Gasteiger partial charge in [-0.3, -0.25) is 4.39 Å². The lowest BCUT2D eigenvalue weighted by Crippen LogP contribution is -2.22. The summed E-state index contributed by atoms with van der Waals surface area (Å²) in [6, 6.07) is 0. The van der Waals surface area contributed by atoms with E-state index >= 15 is 0 Å². The lowest BCUT2D eigenvalue weighted by molar-refractivity contribution is 0.291. The van der Waals surface area contributed by atoms with Crippen LogP contribution in [0.4, 0.5) is 4.39 Å². The third-order valence-electron chi connectivity index (χ3n) is 1.29. The molecule has 41 valence electrons. The van der Waals surface area contributed by atoms with Gasteiger partial charge in [-0.15, -0.1) is 0 Å².